The SMILES string of the molecule is Cc1ccccc1-n1ncc(C(C)NS(=O)(=O)c2ccsc2)c1C. The van der Waals surface area contributed by atoms with Crippen LogP contribution in [-0.2, 0) is 10.0 Å². The first-order valence-electron chi connectivity index (χ1n) is 7.55. The average molecular weight is 361 g/mol. The Kier molecular flexibility index (Phi) is 4.58. The molecule has 0 radical (unpaired) electrons. The van der Waals surface area contributed by atoms with E-state index >= 15 is 0 Å². The molecule has 0 aliphatic carbocycles. The Hall–Kier alpha value is -1.96. The maximum Gasteiger partial charge on any atom is 0.241 e. The fourth-order valence-electron chi connectivity index (χ4n) is 2.66. The number of thiophene rings is 1. The highest BCUT2D eigenvalue weighted by Crippen LogP contribution is 2.24. The van der Waals surface area contributed by atoms with Crippen LogP contribution in [0.15, 0.2) is 52.2 Å². The van der Waals surface area contributed by atoms with Crippen LogP contribution in [0, 0.1) is 13.8 Å². The van der Waals surface area contributed by atoms with Crippen molar-refractivity contribution >= 4 is 21.4 Å². The molecular formula is C17H19N3O2S2. The molecule has 1 unspecified atom stereocenters. The smallest absolute Gasteiger partial charge is 0.238 e. The lowest BCUT2D eigenvalue weighted by molar-refractivity contribution is 0.567. The van der Waals surface area contributed by atoms with E-state index in [1.807, 2.05) is 49.7 Å². The van der Waals surface area contributed by atoms with Gasteiger partial charge in [-0.05, 0) is 43.8 Å². The van der Waals surface area contributed by atoms with Gasteiger partial charge < -0.3 is 0 Å². The molecule has 0 aliphatic heterocycles. The second kappa shape index (κ2) is 6.51. The third-order valence-corrected chi connectivity index (χ3v) is 6.37. The highest BCUT2D eigenvalue weighted by molar-refractivity contribution is 7.89. The van der Waals surface area contributed by atoms with Crippen LogP contribution < -0.4 is 4.72 Å². The van der Waals surface area contributed by atoms with Crippen LogP contribution in [0.5, 0.6) is 0 Å². The molecule has 7 heteroatoms. The van der Waals surface area contributed by atoms with Crippen molar-refractivity contribution in [1.29, 1.82) is 0 Å². The Bertz CT molecular complexity index is 944. The Morgan fingerprint density at radius 3 is 2.62 bits per heavy atom. The summed E-state index contributed by atoms with van der Waals surface area (Å²) in [5.41, 5.74) is 3.89. The van der Waals surface area contributed by atoms with Gasteiger partial charge >= 0.3 is 0 Å². The summed E-state index contributed by atoms with van der Waals surface area (Å²) in [6.07, 6.45) is 1.72. The zero-order valence-corrected chi connectivity index (χ0v) is 15.4. The number of hydrogen-bond donors (Lipinski definition) is 1. The number of rotatable bonds is 5. The van der Waals surface area contributed by atoms with Gasteiger partial charge in [0.25, 0.3) is 0 Å². The van der Waals surface area contributed by atoms with Crippen LogP contribution in [0.2, 0.25) is 0 Å². The van der Waals surface area contributed by atoms with Crippen molar-refractivity contribution in [3.05, 3.63) is 64.1 Å². The van der Waals surface area contributed by atoms with Gasteiger partial charge in [-0.2, -0.15) is 16.4 Å². The molecule has 3 aromatic rings. The van der Waals surface area contributed by atoms with Crippen molar-refractivity contribution < 1.29 is 8.42 Å². The highest BCUT2D eigenvalue weighted by atomic mass is 32.2. The fraction of sp³-hybridized carbons (Fsp3) is 0.235. The molecule has 0 amide bonds. The minimum absolute atomic E-state index is 0.295. The maximum absolute atomic E-state index is 12.4. The molecule has 1 atom stereocenters. The molecule has 0 fully saturated rings. The van der Waals surface area contributed by atoms with Crippen LogP contribution in [0.25, 0.3) is 5.69 Å². The van der Waals surface area contributed by atoms with Gasteiger partial charge in [-0.3, -0.25) is 0 Å². The van der Waals surface area contributed by atoms with Crippen LogP contribution in [0.3, 0.4) is 0 Å². The summed E-state index contributed by atoms with van der Waals surface area (Å²) in [4.78, 5) is 0.295. The van der Waals surface area contributed by atoms with Gasteiger partial charge in [0.05, 0.1) is 16.8 Å². The molecule has 0 aliphatic rings. The molecule has 1 N–H and O–H groups in total. The first-order chi connectivity index (χ1) is 11.4. The second-order valence-corrected chi connectivity index (χ2v) is 8.18. The van der Waals surface area contributed by atoms with E-state index < -0.39 is 10.0 Å². The maximum atomic E-state index is 12.4. The normalized spacial score (nSPS) is 13.1. The number of aromatic nitrogens is 2. The van der Waals surface area contributed by atoms with Crippen LogP contribution in [0.1, 0.15) is 29.8 Å². The summed E-state index contributed by atoms with van der Waals surface area (Å²) in [5, 5.41) is 7.82. The van der Waals surface area contributed by atoms with Gasteiger partial charge in [0, 0.05) is 22.7 Å². The lowest BCUT2D eigenvalue weighted by atomic mass is 10.1. The van der Waals surface area contributed by atoms with Crippen molar-refractivity contribution in [2.45, 2.75) is 31.7 Å². The predicted octanol–water partition coefficient (Wildman–Crippen LogP) is 3.59. The molecule has 3 rings (SSSR count). The zero-order valence-electron chi connectivity index (χ0n) is 13.7. The van der Waals surface area contributed by atoms with Crippen molar-refractivity contribution in [3.63, 3.8) is 0 Å². The van der Waals surface area contributed by atoms with E-state index in [1.165, 1.54) is 11.3 Å². The number of benzene rings is 1. The third-order valence-electron chi connectivity index (χ3n) is 4.00. The summed E-state index contributed by atoms with van der Waals surface area (Å²) in [6, 6.07) is 9.21. The van der Waals surface area contributed by atoms with Gasteiger partial charge in [-0.25, -0.2) is 17.8 Å². The first-order valence-corrected chi connectivity index (χ1v) is 9.98. The Labute approximate surface area is 146 Å². The molecule has 0 spiro atoms. The summed E-state index contributed by atoms with van der Waals surface area (Å²) < 4.78 is 29.3. The summed E-state index contributed by atoms with van der Waals surface area (Å²) in [7, 11) is -3.52. The molecule has 2 heterocycles. The van der Waals surface area contributed by atoms with E-state index in [4.69, 9.17) is 0 Å². The van der Waals surface area contributed by atoms with E-state index in [2.05, 4.69) is 9.82 Å². The monoisotopic (exact) mass is 361 g/mol. The number of aryl methyl sites for hydroxylation is 1. The molecule has 2 aromatic heterocycles. The molecule has 1 aromatic carbocycles. The van der Waals surface area contributed by atoms with Crippen LogP contribution in [-0.4, -0.2) is 18.2 Å². The zero-order chi connectivity index (χ0) is 17.3. The number of nitrogens with one attached hydrogen (secondary N) is 1. The molecule has 0 bridgehead atoms. The third kappa shape index (κ3) is 3.15. The van der Waals surface area contributed by atoms with E-state index in [1.54, 1.807) is 23.0 Å². The Morgan fingerprint density at radius 2 is 1.96 bits per heavy atom. The van der Waals surface area contributed by atoms with Crippen molar-refractivity contribution in [3.8, 4) is 5.69 Å². The van der Waals surface area contributed by atoms with Gasteiger partial charge in [-0.15, -0.1) is 0 Å². The minimum atomic E-state index is -3.52. The van der Waals surface area contributed by atoms with E-state index in [0.29, 0.717) is 4.90 Å². The average Bonchev–Trinajstić information content (AvgIpc) is 3.17. The second-order valence-electron chi connectivity index (χ2n) is 5.69. The van der Waals surface area contributed by atoms with E-state index in [0.717, 1.165) is 22.5 Å². The molecule has 126 valence electrons. The number of sulfonamides is 1. The fourth-order valence-corrected chi connectivity index (χ4v) is 4.91. The van der Waals surface area contributed by atoms with Gasteiger partial charge in [-0.1, -0.05) is 18.2 Å². The predicted molar refractivity (Wildman–Crippen MR) is 96.1 cm³/mol. The van der Waals surface area contributed by atoms with Crippen LogP contribution in [0.4, 0.5) is 0 Å². The summed E-state index contributed by atoms with van der Waals surface area (Å²) in [5.74, 6) is 0. The number of para-hydroxylation sites is 1. The standard InChI is InChI=1S/C17H19N3O2S2/c1-12-6-4-5-7-17(12)20-14(3)16(10-18-20)13(2)19-24(21,22)15-8-9-23-11-15/h4-11,13,19H,1-3H3. The van der Waals surface area contributed by atoms with Gasteiger partial charge in [0.2, 0.25) is 10.0 Å². The molecule has 5 nitrogen and oxygen atoms in total. The van der Waals surface area contributed by atoms with E-state index in [9.17, 15) is 8.42 Å². The highest BCUT2D eigenvalue weighted by Gasteiger charge is 2.22. The van der Waals surface area contributed by atoms with Crippen molar-refractivity contribution in [2.24, 2.45) is 0 Å². The summed E-state index contributed by atoms with van der Waals surface area (Å²) in [6.45, 7) is 5.80. The Balaban J connectivity index is 1.90. The van der Waals surface area contributed by atoms with Crippen LogP contribution >= 0.6 is 11.3 Å². The molecule has 0 saturated heterocycles. The number of nitrogens with zero attached hydrogens (tertiary/aromatic N) is 2. The summed E-state index contributed by atoms with van der Waals surface area (Å²) >= 11 is 1.36. The first kappa shape index (κ1) is 16.9. The lowest BCUT2D eigenvalue weighted by Gasteiger charge is -2.14. The lowest BCUT2D eigenvalue weighted by Crippen LogP contribution is -2.26. The molecule has 24 heavy (non-hydrogen) atoms. The number of hydrogen-bond acceptors (Lipinski definition) is 4. The quantitative estimate of drug-likeness (QED) is 0.755. The van der Waals surface area contributed by atoms with E-state index in [-0.39, 0.29) is 6.04 Å². The topological polar surface area (TPSA) is 64.0 Å². The molecular weight excluding hydrogens is 342 g/mol. The van der Waals surface area contributed by atoms with Crippen molar-refractivity contribution in [1.82, 2.24) is 14.5 Å². The minimum Gasteiger partial charge on any atom is -0.238 e. The molecule has 0 saturated carbocycles. The largest absolute Gasteiger partial charge is 0.241 e. The van der Waals surface area contributed by atoms with Crippen molar-refractivity contribution in [2.75, 3.05) is 0 Å². The van der Waals surface area contributed by atoms with Gasteiger partial charge in [0.1, 0.15) is 0 Å². The van der Waals surface area contributed by atoms with Gasteiger partial charge in [0.15, 0.2) is 0 Å². The Morgan fingerprint density at radius 1 is 1.21 bits per heavy atom.